The number of hydrogen-bond acceptors (Lipinski definition) is 4. The van der Waals surface area contributed by atoms with Crippen LogP contribution in [0.15, 0.2) is 54.6 Å². The van der Waals surface area contributed by atoms with Gasteiger partial charge < -0.3 is 19.5 Å². The third kappa shape index (κ3) is 5.28. The predicted octanol–water partition coefficient (Wildman–Crippen LogP) is 5.00. The number of ether oxygens (including phenoxy) is 2. The first-order valence-corrected chi connectivity index (χ1v) is 9.49. The lowest BCUT2D eigenvalue weighted by Crippen LogP contribution is -2.39. The summed E-state index contributed by atoms with van der Waals surface area (Å²) in [4.78, 5) is 13.9. The highest BCUT2D eigenvalue weighted by Crippen LogP contribution is 2.33. The summed E-state index contributed by atoms with van der Waals surface area (Å²) in [5, 5.41) is 9.89. The number of hydrogen-bond donors (Lipinski definition) is 1. The molecule has 1 amide bonds. The molecular weight excluding hydrogens is 354 g/mol. The molecule has 2 aromatic carbocycles. The molecule has 0 bridgehead atoms. The Hall–Kier alpha value is -2.95. The Kier molecular flexibility index (Phi) is 5.93. The molecule has 1 N–H and O–H groups in total. The summed E-state index contributed by atoms with van der Waals surface area (Å²) in [6.45, 7) is 7.09. The van der Waals surface area contributed by atoms with Gasteiger partial charge in [0, 0.05) is 24.7 Å². The molecule has 0 unspecified atom stereocenters. The zero-order valence-corrected chi connectivity index (χ0v) is 16.6. The van der Waals surface area contributed by atoms with Gasteiger partial charge in [-0.25, -0.2) is 4.79 Å². The summed E-state index contributed by atoms with van der Waals surface area (Å²) < 4.78 is 11.4. The third-order valence-corrected chi connectivity index (χ3v) is 4.41. The van der Waals surface area contributed by atoms with Crippen LogP contribution in [0.2, 0.25) is 0 Å². The van der Waals surface area contributed by atoms with Gasteiger partial charge in [0.25, 0.3) is 0 Å². The molecule has 0 fully saturated rings. The number of benzene rings is 2. The van der Waals surface area contributed by atoms with Crippen LogP contribution in [0, 0.1) is 0 Å². The normalized spacial score (nSPS) is 14.4. The smallest absolute Gasteiger partial charge is 0.410 e. The van der Waals surface area contributed by atoms with Gasteiger partial charge in [0.05, 0.1) is 0 Å². The van der Waals surface area contributed by atoms with Crippen molar-refractivity contribution in [3.05, 3.63) is 65.7 Å². The monoisotopic (exact) mass is 381 g/mol. The first-order chi connectivity index (χ1) is 13.3. The molecule has 0 spiro atoms. The van der Waals surface area contributed by atoms with E-state index >= 15 is 0 Å². The van der Waals surface area contributed by atoms with E-state index in [1.54, 1.807) is 17.0 Å². The Bertz CT molecular complexity index is 853. The number of phenolic OH excluding ortho intramolecular Hbond substituents is 1. The minimum atomic E-state index is -0.503. The number of amides is 1. The molecule has 5 heteroatoms. The number of carbonyl (C=O) groups is 1. The van der Waals surface area contributed by atoms with Crippen LogP contribution in [0.1, 0.15) is 38.3 Å². The maximum atomic E-state index is 12.2. The molecule has 0 saturated carbocycles. The third-order valence-electron chi connectivity index (χ3n) is 4.41. The molecule has 0 atom stereocenters. The minimum absolute atomic E-state index is 0.165. The van der Waals surface area contributed by atoms with Crippen molar-refractivity contribution in [1.82, 2.24) is 4.90 Å². The van der Waals surface area contributed by atoms with Gasteiger partial charge in [-0.15, -0.1) is 0 Å². The topological polar surface area (TPSA) is 59.0 Å². The Morgan fingerprint density at radius 3 is 2.54 bits per heavy atom. The summed E-state index contributed by atoms with van der Waals surface area (Å²) in [5.74, 6) is 0.805. The maximum Gasteiger partial charge on any atom is 0.410 e. The molecule has 0 saturated heterocycles. The van der Waals surface area contributed by atoms with Gasteiger partial charge in [-0.2, -0.15) is 0 Å². The summed E-state index contributed by atoms with van der Waals surface area (Å²) in [7, 11) is 0. The van der Waals surface area contributed by atoms with Crippen LogP contribution in [0.5, 0.6) is 11.5 Å². The fourth-order valence-corrected chi connectivity index (χ4v) is 3.04. The lowest BCUT2D eigenvalue weighted by molar-refractivity contribution is 0.0270. The molecule has 28 heavy (non-hydrogen) atoms. The highest BCUT2D eigenvalue weighted by atomic mass is 16.6. The van der Waals surface area contributed by atoms with Crippen molar-refractivity contribution < 1.29 is 19.4 Å². The number of carbonyl (C=O) groups excluding carboxylic acids is 1. The second-order valence-electron chi connectivity index (χ2n) is 7.86. The average molecular weight is 381 g/mol. The highest BCUT2D eigenvalue weighted by molar-refractivity contribution is 5.75. The number of phenols is 1. The Balaban J connectivity index is 1.72. The van der Waals surface area contributed by atoms with Crippen LogP contribution in [0.4, 0.5) is 4.79 Å². The largest absolute Gasteiger partial charge is 0.508 e. The van der Waals surface area contributed by atoms with Crippen molar-refractivity contribution in [1.29, 1.82) is 0 Å². The van der Waals surface area contributed by atoms with E-state index < -0.39 is 5.60 Å². The molecule has 2 aromatic rings. The molecule has 3 rings (SSSR count). The van der Waals surface area contributed by atoms with Gasteiger partial charge in [-0.05, 0) is 50.5 Å². The van der Waals surface area contributed by atoms with Gasteiger partial charge in [-0.3, -0.25) is 0 Å². The lowest BCUT2D eigenvalue weighted by Gasteiger charge is -2.30. The van der Waals surface area contributed by atoms with Crippen molar-refractivity contribution in [2.24, 2.45) is 0 Å². The first-order valence-electron chi connectivity index (χ1n) is 9.49. The average Bonchev–Trinajstić information content (AvgIpc) is 2.66. The fourth-order valence-electron chi connectivity index (χ4n) is 3.04. The van der Waals surface area contributed by atoms with Gasteiger partial charge in [0.1, 0.15) is 23.7 Å². The van der Waals surface area contributed by atoms with Crippen LogP contribution in [-0.4, -0.2) is 34.8 Å². The molecule has 1 heterocycles. The molecule has 1 aliphatic rings. The summed E-state index contributed by atoms with van der Waals surface area (Å²) >= 11 is 0. The van der Waals surface area contributed by atoms with Gasteiger partial charge in [0.15, 0.2) is 0 Å². The SMILES string of the molecule is CC(C)(C)OC(=O)N1CC=C(c2ccc(O)cc2OCc2ccccc2)CC1. The number of nitrogens with zero attached hydrogens (tertiary/aromatic N) is 1. The molecule has 5 nitrogen and oxygen atoms in total. The van der Waals surface area contributed by atoms with Crippen LogP contribution in [0.3, 0.4) is 0 Å². The second-order valence-corrected chi connectivity index (χ2v) is 7.86. The van der Waals surface area contributed by atoms with Gasteiger partial charge in [0.2, 0.25) is 0 Å². The Morgan fingerprint density at radius 2 is 1.89 bits per heavy atom. The lowest BCUT2D eigenvalue weighted by atomic mass is 9.98. The van der Waals surface area contributed by atoms with E-state index in [2.05, 4.69) is 0 Å². The van der Waals surface area contributed by atoms with E-state index in [0.29, 0.717) is 31.9 Å². The van der Waals surface area contributed by atoms with E-state index in [-0.39, 0.29) is 11.8 Å². The van der Waals surface area contributed by atoms with E-state index in [0.717, 1.165) is 16.7 Å². The Morgan fingerprint density at radius 1 is 1.14 bits per heavy atom. The van der Waals surface area contributed by atoms with E-state index in [1.165, 1.54) is 0 Å². The zero-order chi connectivity index (χ0) is 20.1. The van der Waals surface area contributed by atoms with Crippen LogP contribution in [0.25, 0.3) is 5.57 Å². The quantitative estimate of drug-likeness (QED) is 0.810. The van der Waals surface area contributed by atoms with E-state index in [9.17, 15) is 9.90 Å². The van der Waals surface area contributed by atoms with Crippen molar-refractivity contribution in [2.75, 3.05) is 13.1 Å². The van der Waals surface area contributed by atoms with E-state index in [1.807, 2.05) is 63.2 Å². The minimum Gasteiger partial charge on any atom is -0.508 e. The molecular formula is C23H27NO4. The fraction of sp³-hybridized carbons (Fsp3) is 0.348. The van der Waals surface area contributed by atoms with Crippen LogP contribution < -0.4 is 4.74 Å². The van der Waals surface area contributed by atoms with Crippen LogP contribution in [-0.2, 0) is 11.3 Å². The molecule has 0 aliphatic carbocycles. The van der Waals surface area contributed by atoms with E-state index in [4.69, 9.17) is 9.47 Å². The van der Waals surface area contributed by atoms with Crippen molar-refractivity contribution in [3.63, 3.8) is 0 Å². The number of aromatic hydroxyl groups is 1. The summed E-state index contributed by atoms with van der Waals surface area (Å²) in [6, 6.07) is 15.1. The zero-order valence-electron chi connectivity index (χ0n) is 16.6. The number of rotatable bonds is 4. The first kappa shape index (κ1) is 19.8. The van der Waals surface area contributed by atoms with Gasteiger partial charge >= 0.3 is 6.09 Å². The van der Waals surface area contributed by atoms with Gasteiger partial charge in [-0.1, -0.05) is 36.4 Å². The second kappa shape index (κ2) is 8.38. The summed E-state index contributed by atoms with van der Waals surface area (Å²) in [5.41, 5.74) is 2.60. The molecule has 0 aromatic heterocycles. The maximum absolute atomic E-state index is 12.2. The standard InChI is InChI=1S/C23H27NO4/c1-23(2,3)28-22(26)24-13-11-18(12-14-24)20-10-9-19(25)15-21(20)27-16-17-7-5-4-6-8-17/h4-11,15,25H,12-14,16H2,1-3H3. The van der Waals surface area contributed by atoms with Crippen molar-refractivity contribution in [3.8, 4) is 11.5 Å². The molecule has 0 radical (unpaired) electrons. The predicted molar refractivity (Wildman–Crippen MR) is 109 cm³/mol. The molecule has 1 aliphatic heterocycles. The highest BCUT2D eigenvalue weighted by Gasteiger charge is 2.24. The van der Waals surface area contributed by atoms with Crippen molar-refractivity contribution in [2.45, 2.75) is 39.4 Å². The molecule has 148 valence electrons. The summed E-state index contributed by atoms with van der Waals surface area (Å²) in [6.07, 6.45) is 2.43. The van der Waals surface area contributed by atoms with Crippen molar-refractivity contribution >= 4 is 11.7 Å². The van der Waals surface area contributed by atoms with Crippen LogP contribution >= 0.6 is 0 Å². The Labute approximate surface area is 166 Å².